The standard InChI is InChI=1S/C7H7Cl.H3N/c1-6-3-2-4-7(8)5-6;/h2-5H,1H3;1H3. The van der Waals surface area contributed by atoms with Gasteiger partial charge in [-0.2, -0.15) is 0 Å². The number of rotatable bonds is 0. The molecule has 0 aromatic heterocycles. The van der Waals surface area contributed by atoms with E-state index < -0.39 is 0 Å². The zero-order valence-electron chi connectivity index (χ0n) is 5.39. The van der Waals surface area contributed by atoms with Crippen molar-refractivity contribution in [3.8, 4) is 0 Å². The summed E-state index contributed by atoms with van der Waals surface area (Å²) in [5.41, 5.74) is 1.21. The molecule has 1 aromatic carbocycles. The molecule has 0 saturated heterocycles. The van der Waals surface area contributed by atoms with Gasteiger partial charge >= 0.3 is 0 Å². The summed E-state index contributed by atoms with van der Waals surface area (Å²) in [5, 5.41) is 0.810. The molecule has 9 heavy (non-hydrogen) atoms. The van der Waals surface area contributed by atoms with Gasteiger partial charge in [0.25, 0.3) is 0 Å². The van der Waals surface area contributed by atoms with E-state index in [0.717, 1.165) is 5.02 Å². The fourth-order valence-corrected chi connectivity index (χ4v) is 0.850. The largest absolute Gasteiger partial charge is 0.344 e. The molecular formula is C7H10ClN. The molecule has 0 aliphatic heterocycles. The van der Waals surface area contributed by atoms with E-state index in [-0.39, 0.29) is 6.15 Å². The minimum Gasteiger partial charge on any atom is -0.344 e. The van der Waals surface area contributed by atoms with Crippen LogP contribution in [0.2, 0.25) is 5.02 Å². The summed E-state index contributed by atoms with van der Waals surface area (Å²) in [6.07, 6.45) is 0. The molecule has 0 spiro atoms. The molecule has 0 aliphatic rings. The molecule has 2 heteroatoms. The average Bonchev–Trinajstić information content (AvgIpc) is 1.64. The fraction of sp³-hybridized carbons (Fsp3) is 0.143. The molecule has 0 atom stereocenters. The van der Waals surface area contributed by atoms with E-state index in [1.807, 2.05) is 31.2 Å². The molecule has 0 radical (unpaired) electrons. The van der Waals surface area contributed by atoms with Gasteiger partial charge in [0.2, 0.25) is 0 Å². The van der Waals surface area contributed by atoms with Gasteiger partial charge in [0.1, 0.15) is 0 Å². The molecule has 1 aromatic rings. The minimum atomic E-state index is 0. The Balaban J connectivity index is 0.000000640. The van der Waals surface area contributed by atoms with Crippen molar-refractivity contribution in [1.82, 2.24) is 6.15 Å². The highest BCUT2D eigenvalue weighted by Gasteiger charge is 1.82. The summed E-state index contributed by atoms with van der Waals surface area (Å²) in [5.74, 6) is 0. The molecule has 0 fully saturated rings. The van der Waals surface area contributed by atoms with Crippen molar-refractivity contribution in [2.75, 3.05) is 0 Å². The molecule has 0 saturated carbocycles. The molecular weight excluding hydrogens is 134 g/mol. The molecule has 0 aliphatic carbocycles. The Labute approximate surface area is 60.2 Å². The van der Waals surface area contributed by atoms with Crippen molar-refractivity contribution in [2.45, 2.75) is 6.92 Å². The van der Waals surface area contributed by atoms with Crippen molar-refractivity contribution in [2.24, 2.45) is 0 Å². The van der Waals surface area contributed by atoms with Gasteiger partial charge in [-0.25, -0.2) is 0 Å². The third-order valence-electron chi connectivity index (χ3n) is 0.980. The summed E-state index contributed by atoms with van der Waals surface area (Å²) in [4.78, 5) is 0. The van der Waals surface area contributed by atoms with Gasteiger partial charge in [-0.3, -0.25) is 0 Å². The van der Waals surface area contributed by atoms with Crippen LogP contribution in [0.1, 0.15) is 5.56 Å². The number of hydrogen-bond donors (Lipinski definition) is 1. The maximum absolute atomic E-state index is 5.64. The zero-order chi connectivity index (χ0) is 5.98. The van der Waals surface area contributed by atoms with E-state index in [4.69, 9.17) is 11.6 Å². The van der Waals surface area contributed by atoms with Crippen molar-refractivity contribution >= 4 is 11.6 Å². The van der Waals surface area contributed by atoms with Crippen molar-refractivity contribution < 1.29 is 0 Å². The first-order chi connectivity index (χ1) is 3.79. The lowest BCUT2D eigenvalue weighted by Gasteiger charge is -1.88. The van der Waals surface area contributed by atoms with Gasteiger partial charge in [0.05, 0.1) is 0 Å². The first kappa shape index (κ1) is 8.47. The van der Waals surface area contributed by atoms with Crippen LogP contribution >= 0.6 is 11.6 Å². The molecule has 0 bridgehead atoms. The molecule has 50 valence electrons. The predicted octanol–water partition coefficient (Wildman–Crippen LogP) is 2.81. The summed E-state index contributed by atoms with van der Waals surface area (Å²) in [6, 6.07) is 7.76. The van der Waals surface area contributed by atoms with Gasteiger partial charge in [0.15, 0.2) is 0 Å². The molecule has 1 nitrogen and oxygen atoms in total. The topological polar surface area (TPSA) is 35.0 Å². The highest BCUT2D eigenvalue weighted by atomic mass is 35.5. The van der Waals surface area contributed by atoms with Gasteiger partial charge in [-0.15, -0.1) is 0 Å². The van der Waals surface area contributed by atoms with E-state index in [9.17, 15) is 0 Å². The Morgan fingerprint density at radius 3 is 2.33 bits per heavy atom. The van der Waals surface area contributed by atoms with Gasteiger partial charge < -0.3 is 6.15 Å². The van der Waals surface area contributed by atoms with Crippen LogP contribution in [0.25, 0.3) is 0 Å². The molecule has 3 N–H and O–H groups in total. The summed E-state index contributed by atoms with van der Waals surface area (Å²) in [6.45, 7) is 2.02. The SMILES string of the molecule is Cc1cccc(Cl)c1.N. The predicted molar refractivity (Wildman–Crippen MR) is 41.2 cm³/mol. The third-order valence-corrected chi connectivity index (χ3v) is 1.22. The molecule has 0 amide bonds. The van der Waals surface area contributed by atoms with E-state index >= 15 is 0 Å². The van der Waals surface area contributed by atoms with Crippen LogP contribution in [-0.2, 0) is 0 Å². The zero-order valence-corrected chi connectivity index (χ0v) is 6.15. The van der Waals surface area contributed by atoms with Crippen molar-refractivity contribution in [3.63, 3.8) is 0 Å². The smallest absolute Gasteiger partial charge is 0.0408 e. The van der Waals surface area contributed by atoms with Crippen LogP contribution in [0.4, 0.5) is 0 Å². The van der Waals surface area contributed by atoms with Crippen LogP contribution in [0.5, 0.6) is 0 Å². The second-order valence-corrected chi connectivity index (χ2v) is 2.24. The first-order valence-corrected chi connectivity index (χ1v) is 2.89. The lowest BCUT2D eigenvalue weighted by Crippen LogP contribution is -1.66. The number of halogens is 1. The highest BCUT2D eigenvalue weighted by molar-refractivity contribution is 6.30. The van der Waals surface area contributed by atoms with E-state index in [1.54, 1.807) is 0 Å². The van der Waals surface area contributed by atoms with Gasteiger partial charge in [-0.05, 0) is 24.6 Å². The van der Waals surface area contributed by atoms with Crippen LogP contribution in [0.3, 0.4) is 0 Å². The maximum atomic E-state index is 5.64. The third kappa shape index (κ3) is 2.49. The number of benzene rings is 1. The number of aryl methyl sites for hydroxylation is 1. The summed E-state index contributed by atoms with van der Waals surface area (Å²) in [7, 11) is 0. The average molecular weight is 144 g/mol. The maximum Gasteiger partial charge on any atom is 0.0408 e. The number of hydrogen-bond acceptors (Lipinski definition) is 1. The second-order valence-electron chi connectivity index (χ2n) is 1.80. The Morgan fingerprint density at radius 1 is 1.33 bits per heavy atom. The molecule has 0 unspecified atom stereocenters. The normalized spacial score (nSPS) is 8.22. The lowest BCUT2D eigenvalue weighted by atomic mass is 10.2. The van der Waals surface area contributed by atoms with E-state index in [0.29, 0.717) is 0 Å². The first-order valence-electron chi connectivity index (χ1n) is 2.51. The Bertz CT molecular complexity index is 169. The van der Waals surface area contributed by atoms with Crippen LogP contribution in [0.15, 0.2) is 24.3 Å². The highest BCUT2D eigenvalue weighted by Crippen LogP contribution is 2.08. The van der Waals surface area contributed by atoms with E-state index in [1.165, 1.54) is 5.56 Å². The minimum absolute atomic E-state index is 0. The van der Waals surface area contributed by atoms with E-state index in [2.05, 4.69) is 0 Å². The molecule has 0 heterocycles. The summed E-state index contributed by atoms with van der Waals surface area (Å²) >= 11 is 5.64. The quantitative estimate of drug-likeness (QED) is 0.596. The Hall–Kier alpha value is -0.530. The van der Waals surface area contributed by atoms with Gasteiger partial charge in [0, 0.05) is 5.02 Å². The monoisotopic (exact) mass is 143 g/mol. The second kappa shape index (κ2) is 3.49. The lowest BCUT2D eigenvalue weighted by molar-refractivity contribution is 1.47. The van der Waals surface area contributed by atoms with Crippen LogP contribution < -0.4 is 6.15 Å². The van der Waals surface area contributed by atoms with Crippen LogP contribution in [-0.4, -0.2) is 0 Å². The van der Waals surface area contributed by atoms with Crippen molar-refractivity contribution in [1.29, 1.82) is 0 Å². The Kier molecular flexibility index (Phi) is 3.28. The van der Waals surface area contributed by atoms with Crippen molar-refractivity contribution in [3.05, 3.63) is 34.9 Å². The Morgan fingerprint density at radius 2 is 2.00 bits per heavy atom. The van der Waals surface area contributed by atoms with Gasteiger partial charge in [-0.1, -0.05) is 23.7 Å². The van der Waals surface area contributed by atoms with Crippen LogP contribution in [0, 0.1) is 6.92 Å². The molecule has 1 rings (SSSR count). The fourth-order valence-electron chi connectivity index (χ4n) is 0.606. The summed E-state index contributed by atoms with van der Waals surface area (Å²) < 4.78 is 0.